The molecule has 0 bridgehead atoms. The van der Waals surface area contributed by atoms with E-state index >= 15 is 0 Å². The van der Waals surface area contributed by atoms with Crippen LogP contribution in [0.3, 0.4) is 0 Å². The predicted octanol–water partition coefficient (Wildman–Crippen LogP) is 8.99. The molecule has 140 valence electrons. The van der Waals surface area contributed by atoms with Gasteiger partial charge in [0.25, 0.3) is 0 Å². The zero-order valence-corrected chi connectivity index (χ0v) is 18.6. The van der Waals surface area contributed by atoms with Crippen molar-refractivity contribution in [3.05, 3.63) is 0 Å². The second kappa shape index (κ2) is 25.9. The molecule has 0 heterocycles. The third-order valence-electron chi connectivity index (χ3n) is 2.82. The van der Waals surface area contributed by atoms with Gasteiger partial charge in [-0.05, 0) is 23.7 Å². The zero-order chi connectivity index (χ0) is 18.6. The minimum absolute atomic E-state index is 0.833. The second-order valence-corrected chi connectivity index (χ2v) is 8.25. The molecule has 0 fully saturated rings. The maximum absolute atomic E-state index is 2.27. The van der Waals surface area contributed by atoms with Crippen molar-refractivity contribution in [3.8, 4) is 0 Å². The average molecular weight is 317 g/mol. The summed E-state index contributed by atoms with van der Waals surface area (Å²) in [6.07, 6.45) is 8.16. The van der Waals surface area contributed by atoms with Crippen molar-refractivity contribution in [2.24, 2.45) is 23.7 Å². The molecule has 0 aliphatic heterocycles. The molecule has 0 unspecified atom stereocenters. The summed E-state index contributed by atoms with van der Waals surface area (Å²) in [6, 6.07) is 0. The van der Waals surface area contributed by atoms with Crippen LogP contribution >= 0.6 is 0 Å². The molecule has 0 N–H and O–H groups in total. The highest BCUT2D eigenvalue weighted by Crippen LogP contribution is 2.04. The van der Waals surface area contributed by atoms with Crippen molar-refractivity contribution in [1.29, 1.82) is 0 Å². The van der Waals surface area contributed by atoms with E-state index in [2.05, 4.69) is 83.1 Å². The molecule has 0 aliphatic rings. The topological polar surface area (TPSA) is 0 Å². The quantitative estimate of drug-likeness (QED) is 0.458. The zero-order valence-electron chi connectivity index (χ0n) is 18.6. The lowest BCUT2D eigenvalue weighted by Crippen LogP contribution is -1.83. The van der Waals surface area contributed by atoms with E-state index in [1.165, 1.54) is 38.5 Å². The van der Waals surface area contributed by atoms with Gasteiger partial charge in [-0.3, -0.25) is 0 Å². The minimum Gasteiger partial charge on any atom is -0.0654 e. The van der Waals surface area contributed by atoms with Crippen molar-refractivity contribution < 1.29 is 0 Å². The highest BCUT2D eigenvalue weighted by atomic mass is 13.9. The van der Waals surface area contributed by atoms with Gasteiger partial charge in [-0.25, -0.2) is 0 Å². The summed E-state index contributed by atoms with van der Waals surface area (Å²) < 4.78 is 0. The van der Waals surface area contributed by atoms with Crippen LogP contribution in [-0.4, -0.2) is 0 Å². The summed E-state index contributed by atoms with van der Waals surface area (Å²) >= 11 is 0. The van der Waals surface area contributed by atoms with Crippen molar-refractivity contribution in [2.75, 3.05) is 0 Å². The van der Waals surface area contributed by atoms with Crippen LogP contribution in [0.1, 0.15) is 122 Å². The Balaban J connectivity index is -0.000000100. The Labute approximate surface area is 145 Å². The molecule has 0 nitrogen and oxygen atoms in total. The van der Waals surface area contributed by atoms with E-state index < -0.39 is 0 Å². The monoisotopic (exact) mass is 316 g/mol. The molecule has 0 saturated carbocycles. The number of unbranched alkanes of at least 4 members (excludes halogenated alkanes) is 1. The lowest BCUT2D eigenvalue weighted by atomic mass is 10.1. The molecule has 0 aliphatic carbocycles. The van der Waals surface area contributed by atoms with Crippen LogP contribution in [0.5, 0.6) is 0 Å². The van der Waals surface area contributed by atoms with Gasteiger partial charge in [0, 0.05) is 0 Å². The highest BCUT2D eigenvalue weighted by molar-refractivity contribution is 4.42. The maximum Gasteiger partial charge on any atom is -0.0471 e. The molecule has 0 radical (unpaired) electrons. The molecule has 0 heteroatoms. The summed E-state index contributed by atoms with van der Waals surface area (Å²) in [6.45, 7) is 26.7. The number of hydrogen-bond acceptors (Lipinski definition) is 0. The van der Waals surface area contributed by atoms with Crippen LogP contribution < -0.4 is 0 Å². The molecule has 22 heavy (non-hydrogen) atoms. The number of rotatable bonds is 6. The third-order valence-corrected chi connectivity index (χ3v) is 2.82. The average Bonchev–Trinajstić information content (AvgIpc) is 2.36. The smallest absolute Gasteiger partial charge is 0.0471 e. The van der Waals surface area contributed by atoms with Gasteiger partial charge in [-0.1, -0.05) is 122 Å². The van der Waals surface area contributed by atoms with E-state index in [4.69, 9.17) is 0 Å². The van der Waals surface area contributed by atoms with Crippen LogP contribution in [0.4, 0.5) is 0 Å². The molecule has 0 aromatic carbocycles. The Bertz CT molecular complexity index is 139. The van der Waals surface area contributed by atoms with Gasteiger partial charge in [0.2, 0.25) is 0 Å². The summed E-state index contributed by atoms with van der Waals surface area (Å²) in [5, 5.41) is 0. The van der Waals surface area contributed by atoms with Crippen LogP contribution in [0.25, 0.3) is 0 Å². The fraction of sp³-hybridized carbons (Fsp3) is 1.00. The van der Waals surface area contributed by atoms with Crippen molar-refractivity contribution in [2.45, 2.75) is 122 Å². The van der Waals surface area contributed by atoms with Gasteiger partial charge >= 0.3 is 0 Å². The normalized spacial score (nSPS) is 9.82. The SMILES string of the molecule is CC(C)C.CCC(C)C.CCCC(C)C.CCCCC(C)C. The van der Waals surface area contributed by atoms with Crippen LogP contribution in [0, 0.1) is 23.7 Å². The van der Waals surface area contributed by atoms with Crippen LogP contribution in [-0.2, 0) is 0 Å². The van der Waals surface area contributed by atoms with Gasteiger partial charge in [0.05, 0.1) is 0 Å². The molecular weight excluding hydrogens is 264 g/mol. The van der Waals surface area contributed by atoms with E-state index in [1.54, 1.807) is 0 Å². The largest absolute Gasteiger partial charge is 0.0654 e. The molecule has 0 aromatic heterocycles. The first-order chi connectivity index (χ1) is 10.0. The maximum atomic E-state index is 2.27. The summed E-state index contributed by atoms with van der Waals surface area (Å²) in [4.78, 5) is 0. The van der Waals surface area contributed by atoms with Gasteiger partial charge in [0.1, 0.15) is 0 Å². The lowest BCUT2D eigenvalue weighted by Gasteiger charge is -1.98. The van der Waals surface area contributed by atoms with Gasteiger partial charge < -0.3 is 0 Å². The van der Waals surface area contributed by atoms with Gasteiger partial charge in [-0.15, -0.1) is 0 Å². The molecule has 0 aromatic rings. The minimum atomic E-state index is 0.833. The van der Waals surface area contributed by atoms with Gasteiger partial charge in [0.15, 0.2) is 0 Å². The second-order valence-electron chi connectivity index (χ2n) is 8.25. The Morgan fingerprint density at radius 3 is 0.864 bits per heavy atom. The lowest BCUT2D eigenvalue weighted by molar-refractivity contribution is 0.550. The third kappa shape index (κ3) is 89.1. The van der Waals surface area contributed by atoms with E-state index in [0.29, 0.717) is 0 Å². The van der Waals surface area contributed by atoms with Crippen molar-refractivity contribution >= 4 is 0 Å². The molecule has 0 atom stereocenters. The molecule has 0 spiro atoms. The summed E-state index contributed by atoms with van der Waals surface area (Å²) in [5.41, 5.74) is 0. The van der Waals surface area contributed by atoms with Gasteiger partial charge in [-0.2, -0.15) is 0 Å². The van der Waals surface area contributed by atoms with E-state index in [0.717, 1.165) is 23.7 Å². The standard InChI is InChI=1S/C7H16.C6H14.C5H12.C4H10/c1-4-5-6-7(2)3;1-4-5-6(2)3;1-4-5(2)3;1-4(2)3/h7H,4-6H2,1-3H3;6H,4-5H2,1-3H3;5H,4H2,1-3H3;4H,1-3H3. The van der Waals surface area contributed by atoms with Crippen molar-refractivity contribution in [3.63, 3.8) is 0 Å². The molecule has 0 saturated heterocycles. The van der Waals surface area contributed by atoms with E-state index in [1.807, 2.05) is 0 Å². The summed E-state index contributed by atoms with van der Waals surface area (Å²) in [5.74, 6) is 3.52. The Hall–Kier alpha value is 0. The predicted molar refractivity (Wildman–Crippen MR) is 110 cm³/mol. The molecular formula is C22H52. The Morgan fingerprint density at radius 2 is 0.818 bits per heavy atom. The first kappa shape index (κ1) is 29.9. The van der Waals surface area contributed by atoms with Crippen LogP contribution in [0.15, 0.2) is 0 Å². The summed E-state index contributed by atoms with van der Waals surface area (Å²) in [7, 11) is 0. The first-order valence-electron chi connectivity index (χ1n) is 10.0. The highest BCUT2D eigenvalue weighted by Gasteiger charge is 1.88. The number of hydrogen-bond donors (Lipinski definition) is 0. The molecule has 0 rings (SSSR count). The van der Waals surface area contributed by atoms with Crippen molar-refractivity contribution in [1.82, 2.24) is 0 Å². The van der Waals surface area contributed by atoms with E-state index in [9.17, 15) is 0 Å². The van der Waals surface area contributed by atoms with Crippen LogP contribution in [0.2, 0.25) is 0 Å². The molecule has 0 amide bonds. The van der Waals surface area contributed by atoms with E-state index in [-0.39, 0.29) is 0 Å². The Kier molecular flexibility index (Phi) is 35.3. The first-order valence-corrected chi connectivity index (χ1v) is 10.0. The Morgan fingerprint density at radius 1 is 0.500 bits per heavy atom. The fourth-order valence-electron chi connectivity index (χ4n) is 1.19. The fourth-order valence-corrected chi connectivity index (χ4v) is 1.19.